The Morgan fingerprint density at radius 1 is 0.763 bits per heavy atom. The van der Waals surface area contributed by atoms with Crippen LogP contribution in [-0.2, 0) is 71.5 Å². The molecule has 2 saturated heterocycles. The number of carbonyl (C=O) groups excluding carboxylic acids is 5. The van der Waals surface area contributed by atoms with E-state index < -0.39 is 28.3 Å². The largest absolute Gasteiger partial charge is 1.00 e. The SMILES string of the molecule is CC(=O)OOC(C)=O.CCC1CN[C@H](C(=O)OCc2ccccc2)CC12CC2.CN=C1CN[C@H](C(=O)OCc2ccccc2)CC12CC2.O=S(=O)(O)O.[B-]OC(C)=O.[Na+]. The van der Waals surface area contributed by atoms with Gasteiger partial charge in [0.15, 0.2) is 0 Å². The minimum absolute atomic E-state index is 0. The van der Waals surface area contributed by atoms with E-state index in [9.17, 15) is 24.0 Å². The summed E-state index contributed by atoms with van der Waals surface area (Å²) >= 11 is 0. The number of rotatable bonds is 7. The molecule has 2 aliphatic carbocycles. The molecule has 2 heterocycles. The summed E-state index contributed by atoms with van der Waals surface area (Å²) in [6, 6.07) is 19.4. The maximum Gasteiger partial charge on any atom is 1.00 e. The summed E-state index contributed by atoms with van der Waals surface area (Å²) in [5.41, 5.74) is 3.91. The third kappa shape index (κ3) is 21.4. The first-order valence-corrected chi connectivity index (χ1v) is 20.0. The quantitative estimate of drug-likeness (QED) is 0.0992. The van der Waals surface area contributed by atoms with Gasteiger partial charge in [0.1, 0.15) is 25.3 Å². The summed E-state index contributed by atoms with van der Waals surface area (Å²) in [6.45, 7) is 8.16. The zero-order valence-electron chi connectivity index (χ0n) is 34.5. The van der Waals surface area contributed by atoms with Crippen LogP contribution in [0.2, 0.25) is 0 Å². The van der Waals surface area contributed by atoms with Gasteiger partial charge in [-0.2, -0.15) is 8.42 Å². The number of esters is 2. The van der Waals surface area contributed by atoms with E-state index in [1.54, 1.807) is 0 Å². The van der Waals surface area contributed by atoms with Crippen molar-refractivity contribution in [2.75, 3.05) is 20.1 Å². The molecular weight excluding hydrogens is 800 g/mol. The van der Waals surface area contributed by atoms with Gasteiger partial charge >= 0.3 is 63.8 Å². The molecule has 4 fully saturated rings. The molecular formula is C39H54BN3NaO14S. The predicted molar refractivity (Wildman–Crippen MR) is 211 cm³/mol. The number of aliphatic imine (C=N–C) groups is 1. The van der Waals surface area contributed by atoms with Gasteiger partial charge in [-0.25, -0.2) is 19.4 Å². The fraction of sp³-hybridized carbons (Fsp3) is 0.538. The topological polar surface area (TPSA) is 243 Å². The summed E-state index contributed by atoms with van der Waals surface area (Å²) in [4.78, 5) is 65.5. The minimum atomic E-state index is -4.67. The van der Waals surface area contributed by atoms with Crippen LogP contribution in [0.25, 0.3) is 0 Å². The monoisotopic (exact) mass is 854 g/mol. The molecule has 59 heavy (non-hydrogen) atoms. The van der Waals surface area contributed by atoms with Gasteiger partial charge in [0, 0.05) is 45.5 Å². The van der Waals surface area contributed by atoms with Gasteiger partial charge in [-0.05, 0) is 67.5 Å². The second-order valence-electron chi connectivity index (χ2n) is 14.1. The maximum absolute atomic E-state index is 12.2. The van der Waals surface area contributed by atoms with Crippen LogP contribution in [0.3, 0.4) is 0 Å². The Balaban J connectivity index is 0.000000417. The Bertz CT molecular complexity index is 1760. The number of piperidine rings is 2. The summed E-state index contributed by atoms with van der Waals surface area (Å²) in [5, 5.41) is 6.62. The van der Waals surface area contributed by atoms with Crippen molar-refractivity contribution in [1.29, 1.82) is 0 Å². The first-order chi connectivity index (χ1) is 27.4. The Hall–Kier alpha value is -3.69. The van der Waals surface area contributed by atoms with Crippen LogP contribution in [0, 0.1) is 16.7 Å². The third-order valence-corrected chi connectivity index (χ3v) is 9.78. The van der Waals surface area contributed by atoms with Gasteiger partial charge in [-0.1, -0.05) is 74.0 Å². The molecule has 2 aromatic carbocycles. The molecule has 20 heteroatoms. The van der Waals surface area contributed by atoms with Crippen molar-refractivity contribution in [3.8, 4) is 0 Å². The number of nitrogens with zero attached hydrogens (tertiary/aromatic N) is 1. The van der Waals surface area contributed by atoms with Gasteiger partial charge in [0.2, 0.25) is 5.97 Å². The molecule has 0 aromatic heterocycles. The number of hydrogen-bond acceptors (Lipinski definition) is 15. The Morgan fingerprint density at radius 3 is 1.53 bits per heavy atom. The standard InChI is InChI=1S/C17H23NO2.C16H20N2O2.C4H6O4.C2H3BO2.Na.H2O4S/c1-2-14-11-18-15(10-17(14)8-9-17)16(19)20-12-13-6-4-3-5-7-13;1-17-14-10-18-13(9-16(14)7-8-16)15(19)20-11-12-5-3-2-4-6-12;1-3(5)7-8-4(2)6;1-2(4)5-3;;1-5(2,3)4/h3-7,14-15,18H,2,8-12H2,1H3;2-6,13,18H,7-11H2,1H3;1-2H3;1H3;;(H2,1,2,3,4)/q;;;-1;+1;/t14?,15-;13-;;;;/m00..../s1. The predicted octanol–water partition coefficient (Wildman–Crippen LogP) is 0.853. The molecule has 2 aliphatic heterocycles. The number of benzene rings is 2. The number of carbonyl (C=O) groups is 5. The molecule has 2 spiro atoms. The van der Waals surface area contributed by atoms with Crippen molar-refractivity contribution in [3.63, 3.8) is 0 Å². The number of ether oxygens (including phenoxy) is 2. The van der Waals surface area contributed by atoms with E-state index in [0.29, 0.717) is 25.2 Å². The first-order valence-electron chi connectivity index (χ1n) is 18.6. The molecule has 1 unspecified atom stereocenters. The van der Waals surface area contributed by atoms with Crippen molar-refractivity contribution >= 4 is 54.0 Å². The van der Waals surface area contributed by atoms with Gasteiger partial charge in [0.05, 0.1) is 0 Å². The van der Waals surface area contributed by atoms with Gasteiger partial charge in [0.25, 0.3) is 0 Å². The molecule has 3 radical (unpaired) electrons. The summed E-state index contributed by atoms with van der Waals surface area (Å²) in [6.07, 6.45) is 7.88. The van der Waals surface area contributed by atoms with Crippen LogP contribution in [0.4, 0.5) is 0 Å². The van der Waals surface area contributed by atoms with E-state index in [0.717, 1.165) is 63.1 Å². The van der Waals surface area contributed by atoms with E-state index in [-0.39, 0.29) is 59.0 Å². The van der Waals surface area contributed by atoms with Crippen LogP contribution < -0.4 is 40.2 Å². The van der Waals surface area contributed by atoms with E-state index in [4.69, 9.17) is 27.0 Å². The van der Waals surface area contributed by atoms with Crippen molar-refractivity contribution < 1.29 is 95.0 Å². The second kappa shape index (κ2) is 26.5. The Labute approximate surface area is 369 Å². The van der Waals surface area contributed by atoms with Gasteiger partial charge in [-0.15, -0.1) is 0 Å². The van der Waals surface area contributed by atoms with Crippen LogP contribution in [0.5, 0.6) is 0 Å². The van der Waals surface area contributed by atoms with Crippen molar-refractivity contribution in [1.82, 2.24) is 10.6 Å². The Morgan fingerprint density at radius 2 is 1.19 bits per heavy atom. The first kappa shape index (κ1) is 53.3. The molecule has 2 saturated carbocycles. The average Bonchev–Trinajstić information content (AvgIpc) is 4.14. The smallest absolute Gasteiger partial charge is 0.793 e. The molecule has 2 aromatic rings. The van der Waals surface area contributed by atoms with E-state index >= 15 is 0 Å². The van der Waals surface area contributed by atoms with E-state index in [1.807, 2.05) is 67.7 Å². The summed E-state index contributed by atoms with van der Waals surface area (Å²) in [7, 11) is 1.49. The van der Waals surface area contributed by atoms with E-state index in [2.05, 4.69) is 45.0 Å². The summed E-state index contributed by atoms with van der Waals surface area (Å²) in [5.74, 6) is -1.24. The van der Waals surface area contributed by atoms with Crippen LogP contribution >= 0.6 is 0 Å². The zero-order chi connectivity index (χ0) is 43.4. The van der Waals surface area contributed by atoms with Gasteiger partial charge in [-0.3, -0.25) is 33.8 Å². The van der Waals surface area contributed by atoms with E-state index in [1.165, 1.54) is 31.9 Å². The van der Waals surface area contributed by atoms with Gasteiger partial charge < -0.3 is 27.5 Å². The molecule has 6 rings (SSSR count). The van der Waals surface area contributed by atoms with Crippen molar-refractivity contribution in [2.45, 2.75) is 97.9 Å². The minimum Gasteiger partial charge on any atom is -0.793 e. The molecule has 17 nitrogen and oxygen atoms in total. The maximum atomic E-state index is 12.2. The van der Waals surface area contributed by atoms with Crippen LogP contribution in [-0.4, -0.2) is 93.4 Å². The fourth-order valence-corrected chi connectivity index (χ4v) is 6.55. The normalized spacial score (nSPS) is 20.5. The Kier molecular flexibility index (Phi) is 24.0. The molecule has 0 amide bonds. The van der Waals surface area contributed by atoms with Crippen molar-refractivity contribution in [3.05, 3.63) is 71.8 Å². The molecule has 3 atom stereocenters. The average molecular weight is 855 g/mol. The molecule has 319 valence electrons. The molecule has 4 N–H and O–H groups in total. The van der Waals surface area contributed by atoms with Crippen LogP contribution in [0.1, 0.15) is 83.8 Å². The second-order valence-corrected chi connectivity index (χ2v) is 15.0. The fourth-order valence-electron chi connectivity index (χ4n) is 6.55. The zero-order valence-corrected chi connectivity index (χ0v) is 37.3. The van der Waals surface area contributed by atoms with Crippen LogP contribution in [0.15, 0.2) is 65.7 Å². The number of nitrogens with one attached hydrogen (secondary N) is 2. The van der Waals surface area contributed by atoms with Crippen molar-refractivity contribution in [2.24, 2.45) is 21.7 Å². The third-order valence-electron chi connectivity index (χ3n) is 9.78. The molecule has 0 bridgehead atoms. The molecule has 4 aliphatic rings. The summed E-state index contributed by atoms with van der Waals surface area (Å²) < 4.78 is 46.1. The number of hydrogen-bond donors (Lipinski definition) is 4.